The Hall–Kier alpha value is -0.980. The molecule has 1 N–H and O–H groups in total. The van der Waals surface area contributed by atoms with Crippen molar-refractivity contribution < 1.29 is 9.53 Å². The van der Waals surface area contributed by atoms with Crippen LogP contribution >= 0.6 is 11.3 Å². The average Bonchev–Trinajstić information content (AvgIpc) is 3.10. The fourth-order valence-electron chi connectivity index (χ4n) is 3.33. The quantitative estimate of drug-likeness (QED) is 0.922. The number of likely N-dealkylation sites (tertiary alicyclic amines) is 1. The molecular formula is C16H25N3O2S. The van der Waals surface area contributed by atoms with Gasteiger partial charge in [-0.2, -0.15) is 0 Å². The summed E-state index contributed by atoms with van der Waals surface area (Å²) in [4.78, 5) is 20.1. The zero-order valence-electron chi connectivity index (χ0n) is 13.4. The number of thiazole rings is 1. The van der Waals surface area contributed by atoms with Gasteiger partial charge in [0.15, 0.2) is 0 Å². The molecule has 1 aromatic rings. The maximum absolute atomic E-state index is 12.3. The highest BCUT2D eigenvalue weighted by Crippen LogP contribution is 2.19. The summed E-state index contributed by atoms with van der Waals surface area (Å²) in [6.07, 6.45) is 4.84. The Morgan fingerprint density at radius 2 is 2.14 bits per heavy atom. The maximum Gasteiger partial charge on any atom is 0.271 e. The molecule has 22 heavy (non-hydrogen) atoms. The molecule has 2 aliphatic heterocycles. The van der Waals surface area contributed by atoms with E-state index in [-0.39, 0.29) is 11.9 Å². The van der Waals surface area contributed by atoms with Gasteiger partial charge in [-0.1, -0.05) is 0 Å². The van der Waals surface area contributed by atoms with E-state index < -0.39 is 0 Å². The first kappa shape index (κ1) is 15.9. The molecule has 0 radical (unpaired) electrons. The van der Waals surface area contributed by atoms with Crippen LogP contribution in [0.3, 0.4) is 0 Å². The molecule has 0 unspecified atom stereocenters. The standard InChI is InChI=1S/C16H25N3O2S/c1-11-15(17-12(2)22-11)16(20)18-13-5-7-19(8-6-13)10-14-4-3-9-21-14/h13-14H,3-10H2,1-2H3,(H,18,20)/t14-/m0/s1. The number of nitrogens with one attached hydrogen (secondary N) is 1. The van der Waals surface area contributed by atoms with Gasteiger partial charge in [0.25, 0.3) is 5.91 Å². The van der Waals surface area contributed by atoms with Crippen LogP contribution < -0.4 is 5.32 Å². The zero-order valence-corrected chi connectivity index (χ0v) is 14.2. The maximum atomic E-state index is 12.3. The smallest absolute Gasteiger partial charge is 0.271 e. The van der Waals surface area contributed by atoms with E-state index in [1.165, 1.54) is 12.8 Å². The Morgan fingerprint density at radius 3 is 2.73 bits per heavy atom. The third-order valence-corrected chi connectivity index (χ3v) is 5.41. The highest BCUT2D eigenvalue weighted by Gasteiger charge is 2.25. The van der Waals surface area contributed by atoms with Gasteiger partial charge in [0.1, 0.15) is 5.69 Å². The highest BCUT2D eigenvalue weighted by atomic mass is 32.1. The molecule has 1 amide bonds. The summed E-state index contributed by atoms with van der Waals surface area (Å²) in [6.45, 7) is 7.95. The molecule has 0 saturated carbocycles. The number of amides is 1. The number of carbonyl (C=O) groups excluding carboxylic acids is 1. The molecule has 6 heteroatoms. The van der Waals surface area contributed by atoms with E-state index in [4.69, 9.17) is 4.74 Å². The third kappa shape index (κ3) is 3.86. The second-order valence-electron chi connectivity index (χ2n) is 6.32. The molecule has 0 spiro atoms. The molecule has 122 valence electrons. The minimum atomic E-state index is -0.0144. The Morgan fingerprint density at radius 1 is 1.36 bits per heavy atom. The van der Waals surface area contributed by atoms with E-state index in [1.807, 2.05) is 13.8 Å². The Labute approximate surface area is 136 Å². The predicted molar refractivity (Wildman–Crippen MR) is 87.5 cm³/mol. The van der Waals surface area contributed by atoms with Crippen LogP contribution in [0.5, 0.6) is 0 Å². The van der Waals surface area contributed by atoms with Crippen LogP contribution in [0.15, 0.2) is 0 Å². The fourth-order valence-corrected chi connectivity index (χ4v) is 4.14. The van der Waals surface area contributed by atoms with Crippen molar-refractivity contribution in [3.63, 3.8) is 0 Å². The first-order chi connectivity index (χ1) is 10.6. The van der Waals surface area contributed by atoms with Crippen LogP contribution in [0.2, 0.25) is 0 Å². The number of aryl methyl sites for hydroxylation is 2. The normalized spacial score (nSPS) is 23.8. The molecule has 3 heterocycles. The lowest BCUT2D eigenvalue weighted by atomic mass is 10.0. The summed E-state index contributed by atoms with van der Waals surface area (Å²) in [5.41, 5.74) is 0.601. The summed E-state index contributed by atoms with van der Waals surface area (Å²) in [7, 11) is 0. The number of piperidine rings is 1. The largest absolute Gasteiger partial charge is 0.377 e. The Bertz CT molecular complexity index is 517. The fraction of sp³-hybridized carbons (Fsp3) is 0.750. The van der Waals surface area contributed by atoms with Crippen LogP contribution in [-0.2, 0) is 4.74 Å². The average molecular weight is 323 g/mol. The summed E-state index contributed by atoms with van der Waals surface area (Å²) in [6, 6.07) is 0.273. The minimum Gasteiger partial charge on any atom is -0.377 e. The van der Waals surface area contributed by atoms with Crippen molar-refractivity contribution in [2.45, 2.75) is 51.7 Å². The molecule has 2 fully saturated rings. The number of hydrogen-bond donors (Lipinski definition) is 1. The van der Waals surface area contributed by atoms with Crippen molar-refractivity contribution in [2.75, 3.05) is 26.2 Å². The van der Waals surface area contributed by atoms with Crippen LogP contribution in [0.4, 0.5) is 0 Å². The number of rotatable bonds is 4. The van der Waals surface area contributed by atoms with Crippen molar-refractivity contribution in [3.8, 4) is 0 Å². The van der Waals surface area contributed by atoms with E-state index in [0.717, 1.165) is 49.0 Å². The molecule has 1 atom stereocenters. The van der Waals surface area contributed by atoms with Gasteiger partial charge in [-0.15, -0.1) is 11.3 Å². The number of carbonyl (C=O) groups is 1. The van der Waals surface area contributed by atoms with E-state index in [2.05, 4.69) is 15.2 Å². The molecule has 2 aliphatic rings. The Balaban J connectivity index is 1.45. The molecule has 5 nitrogen and oxygen atoms in total. The van der Waals surface area contributed by atoms with E-state index in [9.17, 15) is 4.79 Å². The van der Waals surface area contributed by atoms with Gasteiger partial charge in [0.2, 0.25) is 0 Å². The van der Waals surface area contributed by atoms with Gasteiger partial charge < -0.3 is 15.0 Å². The van der Waals surface area contributed by atoms with Crippen molar-refractivity contribution in [2.24, 2.45) is 0 Å². The van der Waals surface area contributed by atoms with Gasteiger partial charge in [-0.3, -0.25) is 4.79 Å². The van der Waals surface area contributed by atoms with Crippen molar-refractivity contribution >= 4 is 17.2 Å². The van der Waals surface area contributed by atoms with Crippen molar-refractivity contribution in [1.82, 2.24) is 15.2 Å². The third-order valence-electron chi connectivity index (χ3n) is 4.53. The topological polar surface area (TPSA) is 54.5 Å². The second-order valence-corrected chi connectivity index (χ2v) is 7.73. The monoisotopic (exact) mass is 323 g/mol. The van der Waals surface area contributed by atoms with Crippen LogP contribution in [0, 0.1) is 13.8 Å². The van der Waals surface area contributed by atoms with Gasteiger partial charge in [0.05, 0.1) is 11.1 Å². The van der Waals surface area contributed by atoms with Crippen LogP contribution in [0.25, 0.3) is 0 Å². The number of ether oxygens (including phenoxy) is 1. The number of hydrogen-bond acceptors (Lipinski definition) is 5. The molecule has 0 aromatic carbocycles. The summed E-state index contributed by atoms with van der Waals surface area (Å²) in [5.74, 6) is -0.0144. The molecular weight excluding hydrogens is 298 g/mol. The number of aromatic nitrogens is 1. The SMILES string of the molecule is Cc1nc(C(=O)NC2CCN(C[C@@H]3CCCO3)CC2)c(C)s1. The van der Waals surface area contributed by atoms with Gasteiger partial charge in [-0.05, 0) is 39.5 Å². The summed E-state index contributed by atoms with van der Waals surface area (Å²) < 4.78 is 5.70. The summed E-state index contributed by atoms with van der Waals surface area (Å²) >= 11 is 1.58. The van der Waals surface area contributed by atoms with Crippen LogP contribution in [-0.4, -0.2) is 54.2 Å². The first-order valence-electron chi connectivity index (χ1n) is 8.20. The van der Waals surface area contributed by atoms with Gasteiger partial charge >= 0.3 is 0 Å². The first-order valence-corrected chi connectivity index (χ1v) is 9.02. The Kier molecular flexibility index (Phi) is 5.10. The molecule has 0 aliphatic carbocycles. The van der Waals surface area contributed by atoms with Gasteiger partial charge in [0, 0.05) is 37.2 Å². The molecule has 1 aromatic heterocycles. The summed E-state index contributed by atoms with van der Waals surface area (Å²) in [5, 5.41) is 4.10. The second kappa shape index (κ2) is 7.06. The van der Waals surface area contributed by atoms with Crippen LogP contribution in [0.1, 0.15) is 46.1 Å². The van der Waals surface area contributed by atoms with Gasteiger partial charge in [-0.25, -0.2) is 4.98 Å². The van der Waals surface area contributed by atoms with E-state index >= 15 is 0 Å². The van der Waals surface area contributed by atoms with E-state index in [1.54, 1.807) is 11.3 Å². The van der Waals surface area contributed by atoms with Crippen molar-refractivity contribution in [1.29, 1.82) is 0 Å². The number of nitrogens with zero attached hydrogens (tertiary/aromatic N) is 2. The zero-order chi connectivity index (χ0) is 15.5. The molecule has 3 rings (SSSR count). The lowest BCUT2D eigenvalue weighted by Gasteiger charge is -2.33. The molecule has 0 bridgehead atoms. The highest BCUT2D eigenvalue weighted by molar-refractivity contribution is 7.11. The lowest BCUT2D eigenvalue weighted by Crippen LogP contribution is -2.46. The minimum absolute atomic E-state index is 0.0144. The lowest BCUT2D eigenvalue weighted by molar-refractivity contribution is 0.0612. The van der Waals surface area contributed by atoms with Crippen molar-refractivity contribution in [3.05, 3.63) is 15.6 Å². The molecule has 2 saturated heterocycles. The predicted octanol–water partition coefficient (Wildman–Crippen LogP) is 2.13. The van der Waals surface area contributed by atoms with E-state index in [0.29, 0.717) is 11.8 Å².